The van der Waals surface area contributed by atoms with Crippen LogP contribution in [0.3, 0.4) is 0 Å². The van der Waals surface area contributed by atoms with Gasteiger partial charge in [0.1, 0.15) is 6.34 Å². The number of rotatable bonds is 7. The van der Waals surface area contributed by atoms with Gasteiger partial charge >= 0.3 is 0 Å². The van der Waals surface area contributed by atoms with Crippen LogP contribution < -0.4 is 16.2 Å². The van der Waals surface area contributed by atoms with Gasteiger partial charge in [-0.05, 0) is 6.42 Å². The van der Waals surface area contributed by atoms with Crippen LogP contribution in [0.1, 0.15) is 12.8 Å². The van der Waals surface area contributed by atoms with E-state index >= 15 is 0 Å². The van der Waals surface area contributed by atoms with E-state index in [4.69, 9.17) is 21.8 Å². The van der Waals surface area contributed by atoms with E-state index in [0.29, 0.717) is 25.3 Å². The summed E-state index contributed by atoms with van der Waals surface area (Å²) in [5, 5.41) is 9.89. The van der Waals surface area contributed by atoms with Crippen LogP contribution in [0.25, 0.3) is 5.84 Å². The molecule has 0 fully saturated rings. The Morgan fingerprint density at radius 2 is 2.38 bits per heavy atom. The number of nitrogens with zero attached hydrogens (tertiary/aromatic N) is 1. The second kappa shape index (κ2) is 8.84. The van der Waals surface area contributed by atoms with Crippen molar-refractivity contribution < 1.29 is 10.0 Å². The summed E-state index contributed by atoms with van der Waals surface area (Å²) in [7, 11) is 3.33. The predicted octanol–water partition coefficient (Wildman–Crippen LogP) is -0.752. The molecule has 0 aromatic carbocycles. The molecule has 0 heterocycles. The number of nitrogens with two attached hydrogens (primary N) is 1. The quantitative estimate of drug-likeness (QED) is 0.261. The van der Waals surface area contributed by atoms with Crippen LogP contribution in [0.5, 0.6) is 0 Å². The van der Waals surface area contributed by atoms with Gasteiger partial charge in [0.15, 0.2) is 0 Å². The van der Waals surface area contributed by atoms with Gasteiger partial charge in [-0.25, -0.2) is 10.2 Å². The summed E-state index contributed by atoms with van der Waals surface area (Å²) in [5.74, 6) is 7.54. The van der Waals surface area contributed by atoms with Crippen molar-refractivity contribution >= 4 is 12.2 Å². The Bertz CT molecular complexity index is 255. The summed E-state index contributed by atoms with van der Waals surface area (Å²) in [4.78, 5) is 8.77. The van der Waals surface area contributed by atoms with Gasteiger partial charge in [-0.3, -0.25) is 5.41 Å². The van der Waals surface area contributed by atoms with Gasteiger partial charge in [0.25, 0.3) is 5.90 Å². The molecule has 16 heavy (non-hydrogen) atoms. The van der Waals surface area contributed by atoms with Gasteiger partial charge in [0.05, 0.1) is 7.05 Å². The lowest BCUT2D eigenvalue weighted by Gasteiger charge is -2.14. The van der Waals surface area contributed by atoms with Crippen molar-refractivity contribution in [2.75, 3.05) is 20.6 Å². The molecule has 0 aliphatic carbocycles. The highest BCUT2D eigenvalue weighted by atomic mass is 16.7. The topological polar surface area (TPSA) is 112 Å². The molecule has 0 aliphatic heterocycles. The first-order chi connectivity index (χ1) is 7.63. The first kappa shape index (κ1) is 14.6. The number of hydrogen-bond acceptors (Lipinski definition) is 4. The predicted molar refractivity (Wildman–Crippen MR) is 63.9 cm³/mol. The molecule has 0 aliphatic rings. The molecule has 6 N–H and O–H groups in total. The number of allylic oxidation sites excluding steroid dienone is 1. The lowest BCUT2D eigenvalue weighted by atomic mass is 10.2. The maximum Gasteiger partial charge on any atom is 0.257 e. The Labute approximate surface area is 95.6 Å². The zero-order valence-electron chi connectivity index (χ0n) is 9.71. The third-order valence-electron chi connectivity index (χ3n) is 1.77. The van der Waals surface area contributed by atoms with Crippen LogP contribution in [0.15, 0.2) is 16.8 Å². The van der Waals surface area contributed by atoms with E-state index in [-0.39, 0.29) is 5.17 Å². The molecule has 0 radical (unpaired) electrons. The summed E-state index contributed by atoms with van der Waals surface area (Å²) < 4.78 is 0. The molecule has 0 aromatic rings. The number of hydrogen-bond donors (Lipinski definition) is 4. The fourth-order valence-corrected chi connectivity index (χ4v) is 1.05. The number of hydroxylamine groups is 1. The molecule has 0 spiro atoms. The van der Waals surface area contributed by atoms with Crippen LogP contribution in [0.4, 0.5) is 0 Å². The molecule has 0 saturated heterocycles. The minimum Gasteiger partial charge on any atom is -0.425 e. The third kappa shape index (κ3) is 6.93. The molecular weight excluding hydrogens is 208 g/mol. The zero-order chi connectivity index (χ0) is 12.4. The van der Waals surface area contributed by atoms with Crippen molar-refractivity contribution in [3.8, 4) is 0 Å². The normalized spacial score (nSPS) is 14.5. The molecule has 92 valence electrons. The van der Waals surface area contributed by atoms with Crippen LogP contribution >= 0.6 is 0 Å². The van der Waals surface area contributed by atoms with Crippen molar-refractivity contribution in [3.63, 3.8) is 0 Å². The first-order valence-electron chi connectivity index (χ1n) is 4.99. The number of likely N-dealkylation sites (N-methyl/N-ethyl adjacent to an activating group) is 1. The molecule has 0 amide bonds. The molecule has 0 saturated carbocycles. The third-order valence-corrected chi connectivity index (χ3v) is 1.77. The van der Waals surface area contributed by atoms with E-state index < -0.39 is 0 Å². The molecule has 0 bridgehead atoms. The second-order valence-corrected chi connectivity index (χ2v) is 3.03. The van der Waals surface area contributed by atoms with Crippen molar-refractivity contribution in [3.05, 3.63) is 17.6 Å². The Kier molecular flexibility index (Phi) is 8.04. The summed E-state index contributed by atoms with van der Waals surface area (Å²) >= 11 is 0. The number of nitrogens with one attached hydrogen (secondary N) is 4. The van der Waals surface area contributed by atoms with E-state index in [1.165, 1.54) is 7.05 Å². The van der Waals surface area contributed by atoms with Gasteiger partial charge < -0.3 is 21.7 Å². The molecule has 1 atom stereocenters. The monoisotopic (exact) mass is 228 g/mol. The lowest BCUT2D eigenvalue weighted by molar-refractivity contribution is -1.01. The van der Waals surface area contributed by atoms with Crippen molar-refractivity contribution in [2.24, 2.45) is 10.7 Å². The summed E-state index contributed by atoms with van der Waals surface area (Å²) in [6, 6.07) is 0. The van der Waals surface area contributed by atoms with Gasteiger partial charge in [-0.15, -0.1) is 0 Å². The highest BCUT2D eigenvalue weighted by Crippen LogP contribution is 1.97. The average Bonchev–Trinajstić information content (AvgIpc) is 2.24. The number of aliphatic imine (C=N–C) groups is 1. The largest absolute Gasteiger partial charge is 0.425 e. The Balaban J connectivity index is 4.17. The van der Waals surface area contributed by atoms with Crippen LogP contribution in [0.2, 0.25) is 0 Å². The maximum absolute atomic E-state index is 7.17. The molecular formula is C9H20N6O. The molecule has 0 aromatic heterocycles. The Hall–Kier alpha value is -1.44. The molecule has 0 rings (SSSR count). The Morgan fingerprint density at radius 3 is 2.81 bits per heavy atom. The SMILES string of the molecule is CN/C(=C\CCC(=NC=N)O[NH+](C)[NH-])CN. The summed E-state index contributed by atoms with van der Waals surface area (Å²) in [6.07, 6.45) is 4.09. The van der Waals surface area contributed by atoms with E-state index in [1.54, 1.807) is 0 Å². The zero-order valence-corrected chi connectivity index (χ0v) is 9.71. The van der Waals surface area contributed by atoms with Gasteiger partial charge in [0.2, 0.25) is 0 Å². The van der Waals surface area contributed by atoms with Crippen molar-refractivity contribution in [1.29, 1.82) is 5.41 Å². The fraction of sp³-hybridized carbons (Fsp3) is 0.556. The number of quaternary nitrogens is 1. The molecule has 7 heteroatoms. The van der Waals surface area contributed by atoms with Gasteiger partial charge in [-0.2, -0.15) is 0 Å². The minimum atomic E-state index is 0.0669. The van der Waals surface area contributed by atoms with Crippen LogP contribution in [-0.4, -0.2) is 32.9 Å². The second-order valence-electron chi connectivity index (χ2n) is 3.03. The smallest absolute Gasteiger partial charge is 0.257 e. The van der Waals surface area contributed by atoms with Crippen LogP contribution in [0, 0.1) is 5.41 Å². The highest BCUT2D eigenvalue weighted by molar-refractivity contribution is 5.82. The van der Waals surface area contributed by atoms with Crippen LogP contribution in [-0.2, 0) is 4.84 Å². The minimum absolute atomic E-state index is 0.0669. The van der Waals surface area contributed by atoms with E-state index in [9.17, 15) is 0 Å². The first-order valence-corrected chi connectivity index (χ1v) is 4.99. The van der Waals surface area contributed by atoms with E-state index in [1.807, 2.05) is 13.1 Å². The van der Waals surface area contributed by atoms with Gasteiger partial charge in [0, 0.05) is 25.7 Å². The van der Waals surface area contributed by atoms with E-state index in [2.05, 4.69) is 10.3 Å². The Morgan fingerprint density at radius 1 is 1.69 bits per heavy atom. The van der Waals surface area contributed by atoms with Gasteiger partial charge in [-0.1, -0.05) is 6.08 Å². The fourth-order valence-electron chi connectivity index (χ4n) is 1.05. The molecule has 1 unspecified atom stereocenters. The average molecular weight is 228 g/mol. The van der Waals surface area contributed by atoms with Crippen molar-refractivity contribution in [1.82, 2.24) is 5.32 Å². The summed E-state index contributed by atoms with van der Waals surface area (Å²) in [5.41, 5.74) is 6.42. The standard InChI is InChI=1S/C9H20N6O/c1-13-8(6-10)4-3-5-9(14-7-11)16-15(2)12/h4,7,11-13,15H,3,5-6,10H2,1-2H3/b8-4-,11-7?,14-9?. The molecule has 7 nitrogen and oxygen atoms in total. The summed E-state index contributed by atoms with van der Waals surface area (Å²) in [6.45, 7) is 0.456. The van der Waals surface area contributed by atoms with E-state index in [0.717, 1.165) is 12.0 Å². The lowest BCUT2D eigenvalue weighted by Crippen LogP contribution is -3.01. The highest BCUT2D eigenvalue weighted by Gasteiger charge is 2.02. The van der Waals surface area contributed by atoms with Crippen molar-refractivity contribution in [2.45, 2.75) is 12.8 Å². The maximum atomic E-state index is 7.17.